The average Bonchev–Trinajstić information content (AvgIpc) is 3.15. The van der Waals surface area contributed by atoms with E-state index in [1.165, 1.54) is 30.6 Å². The van der Waals surface area contributed by atoms with Crippen LogP contribution in [0.5, 0.6) is 0 Å². The van der Waals surface area contributed by atoms with Gasteiger partial charge in [0.2, 0.25) is 0 Å². The van der Waals surface area contributed by atoms with Gasteiger partial charge in [0, 0.05) is 31.6 Å². The normalized spacial score (nSPS) is 16.0. The van der Waals surface area contributed by atoms with Gasteiger partial charge in [-0.15, -0.1) is 35.3 Å². The van der Waals surface area contributed by atoms with E-state index in [4.69, 9.17) is 9.98 Å². The monoisotopic (exact) mass is 570 g/mol. The predicted octanol–water partition coefficient (Wildman–Crippen LogP) is 4.28. The Labute approximate surface area is 214 Å². The summed E-state index contributed by atoms with van der Waals surface area (Å²) in [4.78, 5) is 14.4. The van der Waals surface area contributed by atoms with Crippen LogP contribution in [0.3, 0.4) is 0 Å². The molecule has 8 heteroatoms. The van der Waals surface area contributed by atoms with Crippen molar-refractivity contribution < 1.29 is 0 Å². The standard InChI is InChI=1S/C24H38N6S.HI/c1-5-25-24(27-16-23-28-22(18-31-23)19(2)3)26-15-20-7-9-21(10-8-20)17-30-12-6-11-29(4)13-14-30;/h7-10,18-19H,5-6,11-17H2,1-4H3,(H2,25,26,27);1H. The highest BCUT2D eigenvalue weighted by Crippen LogP contribution is 2.17. The van der Waals surface area contributed by atoms with Crippen LogP contribution in [0.1, 0.15) is 54.9 Å². The summed E-state index contributed by atoms with van der Waals surface area (Å²) < 4.78 is 0. The van der Waals surface area contributed by atoms with Gasteiger partial charge in [0.1, 0.15) is 5.01 Å². The van der Waals surface area contributed by atoms with Crippen LogP contribution in [0, 0.1) is 0 Å². The van der Waals surface area contributed by atoms with Crippen LogP contribution in [0.25, 0.3) is 0 Å². The summed E-state index contributed by atoms with van der Waals surface area (Å²) in [5.41, 5.74) is 3.77. The van der Waals surface area contributed by atoms with E-state index < -0.39 is 0 Å². The molecule has 1 aromatic carbocycles. The van der Waals surface area contributed by atoms with Gasteiger partial charge in [-0.3, -0.25) is 4.90 Å². The van der Waals surface area contributed by atoms with Crippen molar-refractivity contribution in [3.8, 4) is 0 Å². The molecule has 0 unspecified atom stereocenters. The molecule has 0 atom stereocenters. The van der Waals surface area contributed by atoms with Gasteiger partial charge in [-0.1, -0.05) is 38.1 Å². The topological polar surface area (TPSA) is 55.8 Å². The highest BCUT2D eigenvalue weighted by atomic mass is 127. The molecule has 32 heavy (non-hydrogen) atoms. The number of aliphatic imine (C=N–C) groups is 1. The van der Waals surface area contributed by atoms with Crippen molar-refractivity contribution in [3.63, 3.8) is 0 Å². The van der Waals surface area contributed by atoms with Gasteiger partial charge in [-0.05, 0) is 50.5 Å². The van der Waals surface area contributed by atoms with E-state index >= 15 is 0 Å². The van der Waals surface area contributed by atoms with Gasteiger partial charge >= 0.3 is 0 Å². The summed E-state index contributed by atoms with van der Waals surface area (Å²) in [6.07, 6.45) is 1.25. The summed E-state index contributed by atoms with van der Waals surface area (Å²) in [5, 5.41) is 9.99. The Morgan fingerprint density at radius 2 is 1.84 bits per heavy atom. The fraction of sp³-hybridized carbons (Fsp3) is 0.583. The van der Waals surface area contributed by atoms with Gasteiger partial charge in [0.15, 0.2) is 5.96 Å². The van der Waals surface area contributed by atoms with Crippen molar-refractivity contribution in [2.75, 3.05) is 39.8 Å². The molecular weight excluding hydrogens is 531 g/mol. The van der Waals surface area contributed by atoms with Crippen molar-refractivity contribution in [1.82, 2.24) is 25.4 Å². The van der Waals surface area contributed by atoms with E-state index in [-0.39, 0.29) is 24.0 Å². The first kappa shape index (κ1) is 27.0. The van der Waals surface area contributed by atoms with Gasteiger partial charge in [0.05, 0.1) is 18.8 Å². The number of nitrogens with zero attached hydrogens (tertiary/aromatic N) is 4. The van der Waals surface area contributed by atoms with Gasteiger partial charge in [0.25, 0.3) is 0 Å². The zero-order valence-electron chi connectivity index (χ0n) is 19.9. The zero-order valence-corrected chi connectivity index (χ0v) is 23.1. The Hall–Kier alpha value is -1.23. The second-order valence-corrected chi connectivity index (χ2v) is 9.56. The number of hydrogen-bond donors (Lipinski definition) is 2. The van der Waals surface area contributed by atoms with Crippen LogP contribution in [0.15, 0.2) is 34.6 Å². The van der Waals surface area contributed by atoms with Crippen molar-refractivity contribution in [3.05, 3.63) is 51.5 Å². The smallest absolute Gasteiger partial charge is 0.191 e. The Balaban J connectivity index is 0.00000363. The van der Waals surface area contributed by atoms with Crippen molar-refractivity contribution >= 4 is 41.3 Å². The quantitative estimate of drug-likeness (QED) is 0.282. The highest BCUT2D eigenvalue weighted by Gasteiger charge is 2.12. The third-order valence-corrected chi connectivity index (χ3v) is 6.44. The van der Waals surface area contributed by atoms with E-state index in [1.807, 2.05) is 0 Å². The number of guanidine groups is 1. The molecule has 0 spiro atoms. The number of benzene rings is 1. The summed E-state index contributed by atoms with van der Waals surface area (Å²) in [5.74, 6) is 1.30. The van der Waals surface area contributed by atoms with Crippen LogP contribution in [-0.4, -0.2) is 60.5 Å². The number of likely N-dealkylation sites (N-methyl/N-ethyl adjacent to an activating group) is 1. The maximum atomic E-state index is 4.76. The highest BCUT2D eigenvalue weighted by molar-refractivity contribution is 14.0. The number of aromatic nitrogens is 1. The molecule has 1 aromatic heterocycles. The Bertz CT molecular complexity index is 820. The maximum Gasteiger partial charge on any atom is 0.191 e. The van der Waals surface area contributed by atoms with Crippen molar-refractivity contribution in [2.24, 2.45) is 4.99 Å². The largest absolute Gasteiger partial charge is 0.357 e. The Kier molecular flexibility index (Phi) is 11.9. The van der Waals surface area contributed by atoms with E-state index in [0.29, 0.717) is 19.0 Å². The van der Waals surface area contributed by atoms with E-state index in [0.717, 1.165) is 42.8 Å². The molecule has 2 N–H and O–H groups in total. The molecule has 0 saturated carbocycles. The molecule has 178 valence electrons. The van der Waals surface area contributed by atoms with Gasteiger partial charge in [-0.25, -0.2) is 9.98 Å². The van der Waals surface area contributed by atoms with Crippen LogP contribution in [0.4, 0.5) is 0 Å². The summed E-state index contributed by atoms with van der Waals surface area (Å²) >= 11 is 1.71. The fourth-order valence-electron chi connectivity index (χ4n) is 3.61. The Morgan fingerprint density at radius 1 is 1.09 bits per heavy atom. The number of nitrogens with one attached hydrogen (secondary N) is 2. The number of halogens is 1. The second kappa shape index (κ2) is 14.1. The molecule has 0 aliphatic carbocycles. The zero-order chi connectivity index (χ0) is 22.1. The molecule has 2 heterocycles. The lowest BCUT2D eigenvalue weighted by atomic mass is 10.1. The van der Waals surface area contributed by atoms with Crippen LogP contribution in [0.2, 0.25) is 0 Å². The SMILES string of the molecule is CCNC(=NCc1ccc(CN2CCCN(C)CC2)cc1)NCc1nc(C(C)C)cs1.I. The molecule has 1 saturated heterocycles. The molecule has 6 nitrogen and oxygen atoms in total. The summed E-state index contributed by atoms with van der Waals surface area (Å²) in [6, 6.07) is 8.93. The molecule has 3 rings (SSSR count). The lowest BCUT2D eigenvalue weighted by molar-refractivity contribution is 0.269. The molecule has 0 radical (unpaired) electrons. The average molecular weight is 571 g/mol. The Morgan fingerprint density at radius 3 is 2.53 bits per heavy atom. The fourth-order valence-corrected chi connectivity index (χ4v) is 4.50. The number of thiazole rings is 1. The summed E-state index contributed by atoms with van der Waals surface area (Å²) in [6.45, 7) is 14.4. The minimum atomic E-state index is 0. The van der Waals surface area contributed by atoms with Crippen LogP contribution >= 0.6 is 35.3 Å². The van der Waals surface area contributed by atoms with Crippen LogP contribution < -0.4 is 10.6 Å². The third-order valence-electron chi connectivity index (χ3n) is 5.57. The van der Waals surface area contributed by atoms with Crippen molar-refractivity contribution in [2.45, 2.75) is 52.7 Å². The molecule has 2 aromatic rings. The molecule has 1 aliphatic heterocycles. The third kappa shape index (κ3) is 8.96. The second-order valence-electron chi connectivity index (χ2n) is 8.62. The van der Waals surface area contributed by atoms with Gasteiger partial charge < -0.3 is 15.5 Å². The lowest BCUT2D eigenvalue weighted by Gasteiger charge is -2.20. The first-order valence-electron chi connectivity index (χ1n) is 11.5. The first-order valence-corrected chi connectivity index (χ1v) is 12.4. The molecule has 0 bridgehead atoms. The van der Waals surface area contributed by atoms with E-state index in [2.05, 4.69) is 77.9 Å². The minimum absolute atomic E-state index is 0. The molecule has 1 fully saturated rings. The minimum Gasteiger partial charge on any atom is -0.357 e. The number of rotatable bonds is 8. The maximum absolute atomic E-state index is 4.76. The van der Waals surface area contributed by atoms with E-state index in [1.54, 1.807) is 11.3 Å². The molecular formula is C24H39IN6S. The molecule has 0 amide bonds. The van der Waals surface area contributed by atoms with Gasteiger partial charge in [-0.2, -0.15) is 0 Å². The lowest BCUT2D eigenvalue weighted by Crippen LogP contribution is -2.36. The molecule has 1 aliphatic rings. The van der Waals surface area contributed by atoms with E-state index in [9.17, 15) is 0 Å². The van der Waals surface area contributed by atoms with Crippen molar-refractivity contribution in [1.29, 1.82) is 0 Å². The van der Waals surface area contributed by atoms with Crippen LogP contribution in [-0.2, 0) is 19.6 Å². The first-order chi connectivity index (χ1) is 15.0. The summed E-state index contributed by atoms with van der Waals surface area (Å²) in [7, 11) is 2.22. The number of hydrogen-bond acceptors (Lipinski definition) is 5. The predicted molar refractivity (Wildman–Crippen MR) is 147 cm³/mol.